The summed E-state index contributed by atoms with van der Waals surface area (Å²) in [6, 6.07) is 4.35. The minimum Gasteiger partial charge on any atom is -0.366 e. The Hall–Kier alpha value is -2.36. The van der Waals surface area contributed by atoms with E-state index in [1.165, 1.54) is 29.7 Å². The quantitative estimate of drug-likeness (QED) is 0.594. The highest BCUT2D eigenvalue weighted by atomic mass is 35.5. The number of amides is 2. The highest BCUT2D eigenvalue weighted by Gasteiger charge is 2.53. The van der Waals surface area contributed by atoms with Crippen molar-refractivity contribution < 1.29 is 19.1 Å². The molecule has 2 aromatic heterocycles. The lowest BCUT2D eigenvalue weighted by Crippen LogP contribution is -2.54. The fourth-order valence-corrected chi connectivity index (χ4v) is 6.85. The first-order valence-corrected chi connectivity index (χ1v) is 13.6. The van der Waals surface area contributed by atoms with Gasteiger partial charge in [0.2, 0.25) is 5.91 Å². The molecule has 4 heterocycles. The van der Waals surface area contributed by atoms with Crippen molar-refractivity contribution in [1.82, 2.24) is 20.4 Å². The summed E-state index contributed by atoms with van der Waals surface area (Å²) >= 11 is 7.76. The van der Waals surface area contributed by atoms with Crippen LogP contribution in [0.3, 0.4) is 0 Å². The number of thiophene rings is 1. The van der Waals surface area contributed by atoms with Gasteiger partial charge in [0.1, 0.15) is 30.5 Å². The van der Waals surface area contributed by atoms with Gasteiger partial charge in [-0.25, -0.2) is 0 Å². The van der Waals surface area contributed by atoms with Gasteiger partial charge in [-0.05, 0) is 61.3 Å². The largest absolute Gasteiger partial charge is 0.366 e. The Morgan fingerprint density at radius 1 is 1.20 bits per heavy atom. The number of likely N-dealkylation sites (tertiary alicyclic amines) is 1. The standard InChI is InChI=1S/C25H27ClN4O4S/c26-16-11-30(22-18(31)12-34-23(16)22)25(33)21(14-3-1-2-4-14)28-24(32)20-8-7-19(35-20)17-9-15(10-27-29-17)13-5-6-13/h7-10,13-14,16,21-23H,1-6,11-12H2,(H,28,32). The summed E-state index contributed by atoms with van der Waals surface area (Å²) in [5.41, 5.74) is 1.95. The number of Topliss-reactive ketones (excluding diaryl/α,β-unsaturated/α-hetero) is 1. The Morgan fingerprint density at radius 2 is 2.00 bits per heavy atom. The van der Waals surface area contributed by atoms with E-state index in [9.17, 15) is 14.4 Å². The molecule has 0 spiro atoms. The lowest BCUT2D eigenvalue weighted by Gasteiger charge is -2.30. The van der Waals surface area contributed by atoms with Crippen LogP contribution in [0.4, 0.5) is 0 Å². The predicted octanol–water partition coefficient (Wildman–Crippen LogP) is 3.16. The predicted molar refractivity (Wildman–Crippen MR) is 130 cm³/mol. The van der Waals surface area contributed by atoms with Crippen LogP contribution in [0.2, 0.25) is 0 Å². The number of hydrogen-bond donors (Lipinski definition) is 1. The van der Waals surface area contributed by atoms with Gasteiger partial charge in [-0.15, -0.1) is 28.0 Å². The maximum Gasteiger partial charge on any atom is 0.262 e. The normalized spacial score (nSPS) is 27.3. The number of hydrogen-bond acceptors (Lipinski definition) is 7. The first-order chi connectivity index (χ1) is 17.0. The van der Waals surface area contributed by atoms with Crippen LogP contribution in [-0.4, -0.2) is 69.4 Å². The molecular weight excluding hydrogens is 488 g/mol. The first kappa shape index (κ1) is 23.1. The number of ether oxygens (including phenoxy) is 1. The minimum absolute atomic E-state index is 0.0222. The third-order valence-electron chi connectivity index (χ3n) is 7.64. The smallest absolute Gasteiger partial charge is 0.262 e. The van der Waals surface area contributed by atoms with E-state index >= 15 is 0 Å². The molecule has 0 radical (unpaired) electrons. The molecule has 4 aliphatic rings. The molecule has 0 aromatic carbocycles. The van der Waals surface area contributed by atoms with Gasteiger partial charge in [0.15, 0.2) is 5.78 Å². The Kier molecular flexibility index (Phi) is 6.10. The zero-order chi connectivity index (χ0) is 24.1. The first-order valence-electron chi connectivity index (χ1n) is 12.3. The molecule has 35 heavy (non-hydrogen) atoms. The molecule has 2 saturated heterocycles. The molecular formula is C25H27ClN4O4S. The number of alkyl halides is 1. The molecule has 184 valence electrons. The highest BCUT2D eigenvalue weighted by molar-refractivity contribution is 7.17. The maximum atomic E-state index is 13.7. The molecule has 4 fully saturated rings. The van der Waals surface area contributed by atoms with Gasteiger partial charge in [-0.1, -0.05) is 12.8 Å². The third kappa shape index (κ3) is 4.38. The Bertz CT molecular complexity index is 1160. The average molecular weight is 515 g/mol. The molecule has 0 bridgehead atoms. The number of ketones is 1. The molecule has 2 aromatic rings. The van der Waals surface area contributed by atoms with E-state index < -0.39 is 23.6 Å². The summed E-state index contributed by atoms with van der Waals surface area (Å²) in [5, 5.41) is 11.0. The van der Waals surface area contributed by atoms with Crippen LogP contribution in [0.25, 0.3) is 10.6 Å². The zero-order valence-electron chi connectivity index (χ0n) is 19.2. The fourth-order valence-electron chi connectivity index (χ4n) is 5.63. The zero-order valence-corrected chi connectivity index (χ0v) is 20.8. The van der Waals surface area contributed by atoms with Crippen molar-refractivity contribution in [3.05, 3.63) is 34.8 Å². The van der Waals surface area contributed by atoms with Crippen molar-refractivity contribution >= 4 is 40.5 Å². The van der Waals surface area contributed by atoms with E-state index in [1.807, 2.05) is 12.3 Å². The van der Waals surface area contributed by atoms with Crippen molar-refractivity contribution in [3.8, 4) is 10.6 Å². The summed E-state index contributed by atoms with van der Waals surface area (Å²) in [6.45, 7) is 0.227. The van der Waals surface area contributed by atoms with E-state index in [1.54, 1.807) is 11.0 Å². The second-order valence-corrected chi connectivity index (χ2v) is 11.6. The number of fused-ring (bicyclic) bond motifs is 1. The van der Waals surface area contributed by atoms with Crippen LogP contribution in [0.5, 0.6) is 0 Å². The minimum atomic E-state index is -0.690. The van der Waals surface area contributed by atoms with Gasteiger partial charge in [0.25, 0.3) is 5.91 Å². The highest BCUT2D eigenvalue weighted by Crippen LogP contribution is 2.41. The van der Waals surface area contributed by atoms with Crippen LogP contribution in [0.1, 0.15) is 59.7 Å². The summed E-state index contributed by atoms with van der Waals surface area (Å²) in [4.78, 5) is 42.4. The molecule has 2 amide bonds. The van der Waals surface area contributed by atoms with Gasteiger partial charge in [-0.3, -0.25) is 14.4 Å². The Labute approximate surface area is 212 Å². The molecule has 2 saturated carbocycles. The van der Waals surface area contributed by atoms with E-state index in [0.29, 0.717) is 10.8 Å². The summed E-state index contributed by atoms with van der Waals surface area (Å²) in [7, 11) is 0. The van der Waals surface area contributed by atoms with Crippen molar-refractivity contribution in [1.29, 1.82) is 0 Å². The molecule has 8 nitrogen and oxygen atoms in total. The average Bonchev–Trinajstić information content (AvgIpc) is 3.25. The molecule has 4 unspecified atom stereocenters. The lowest BCUT2D eigenvalue weighted by molar-refractivity contribution is -0.139. The van der Waals surface area contributed by atoms with Gasteiger partial charge in [0, 0.05) is 6.54 Å². The Morgan fingerprint density at radius 3 is 2.77 bits per heavy atom. The summed E-state index contributed by atoms with van der Waals surface area (Å²) < 4.78 is 5.54. The number of nitrogens with one attached hydrogen (secondary N) is 1. The molecule has 10 heteroatoms. The maximum absolute atomic E-state index is 13.7. The van der Waals surface area contributed by atoms with Gasteiger partial charge < -0.3 is 15.0 Å². The van der Waals surface area contributed by atoms with Crippen molar-refractivity contribution in [2.75, 3.05) is 13.2 Å². The van der Waals surface area contributed by atoms with E-state index in [-0.39, 0.29) is 36.7 Å². The monoisotopic (exact) mass is 514 g/mol. The van der Waals surface area contributed by atoms with Crippen molar-refractivity contribution in [3.63, 3.8) is 0 Å². The fraction of sp³-hybridized carbons (Fsp3) is 0.560. The number of halogens is 1. The van der Waals surface area contributed by atoms with Gasteiger partial charge in [-0.2, -0.15) is 5.10 Å². The van der Waals surface area contributed by atoms with E-state index in [0.717, 1.165) is 36.3 Å². The topological polar surface area (TPSA) is 101 Å². The van der Waals surface area contributed by atoms with Crippen LogP contribution < -0.4 is 5.32 Å². The van der Waals surface area contributed by atoms with Gasteiger partial charge in [0.05, 0.1) is 21.3 Å². The number of aromatic nitrogens is 2. The molecule has 2 aliphatic carbocycles. The Balaban J connectivity index is 1.21. The van der Waals surface area contributed by atoms with Crippen LogP contribution >= 0.6 is 22.9 Å². The lowest BCUT2D eigenvalue weighted by atomic mass is 9.96. The van der Waals surface area contributed by atoms with Crippen LogP contribution in [0.15, 0.2) is 24.4 Å². The molecule has 4 atom stereocenters. The second-order valence-electron chi connectivity index (χ2n) is 10.0. The van der Waals surface area contributed by atoms with Crippen molar-refractivity contribution in [2.24, 2.45) is 5.92 Å². The molecule has 6 rings (SSSR count). The SMILES string of the molecule is O=C(NC(C(=O)N1CC(Cl)C2OCC(=O)C21)C1CCCC1)c1ccc(-c2cc(C3CC3)cnn2)s1. The molecule has 2 aliphatic heterocycles. The number of carbonyl (C=O) groups excluding carboxylic acids is 3. The van der Waals surface area contributed by atoms with Gasteiger partial charge >= 0.3 is 0 Å². The van der Waals surface area contributed by atoms with Crippen LogP contribution in [0, 0.1) is 5.92 Å². The van der Waals surface area contributed by atoms with Crippen LogP contribution in [-0.2, 0) is 14.3 Å². The molecule has 1 N–H and O–H groups in total. The number of rotatable bonds is 6. The number of carbonyl (C=O) groups is 3. The third-order valence-corrected chi connectivity index (χ3v) is 9.13. The van der Waals surface area contributed by atoms with Crippen molar-refractivity contribution in [2.45, 2.75) is 68.0 Å². The number of nitrogens with zero attached hydrogens (tertiary/aromatic N) is 3. The van der Waals surface area contributed by atoms with E-state index in [4.69, 9.17) is 16.3 Å². The van der Waals surface area contributed by atoms with E-state index in [2.05, 4.69) is 21.6 Å². The second kappa shape index (κ2) is 9.26. The summed E-state index contributed by atoms with van der Waals surface area (Å²) in [5.74, 6) is -0.0373. The summed E-state index contributed by atoms with van der Waals surface area (Å²) in [6.07, 6.45) is 7.49.